The van der Waals surface area contributed by atoms with E-state index in [1.165, 1.54) is 6.07 Å². The summed E-state index contributed by atoms with van der Waals surface area (Å²) in [6, 6.07) is 12.6. The number of carbonyl (C=O) groups excluding carboxylic acids is 2. The summed E-state index contributed by atoms with van der Waals surface area (Å²) in [6.07, 6.45) is 4.06. The number of carbonyl (C=O) groups is 2. The first kappa shape index (κ1) is 17.7. The minimum atomic E-state index is -0.359. The van der Waals surface area contributed by atoms with Gasteiger partial charge in [-0.3, -0.25) is 9.59 Å². The molecule has 140 valence electrons. The number of rotatable bonds is 6. The fraction of sp³-hybridized carbons (Fsp3) is 0.364. The van der Waals surface area contributed by atoms with Gasteiger partial charge in [0.05, 0.1) is 0 Å². The second kappa shape index (κ2) is 7.14. The van der Waals surface area contributed by atoms with E-state index in [-0.39, 0.29) is 23.7 Å². The molecule has 0 saturated heterocycles. The predicted molar refractivity (Wildman–Crippen MR) is 101 cm³/mol. The zero-order valence-corrected chi connectivity index (χ0v) is 15.4. The maximum absolute atomic E-state index is 13.9. The summed E-state index contributed by atoms with van der Waals surface area (Å²) in [5, 5.41) is 2.97. The van der Waals surface area contributed by atoms with Crippen LogP contribution in [0.1, 0.15) is 57.5 Å². The second-order valence-electron chi connectivity index (χ2n) is 7.57. The summed E-state index contributed by atoms with van der Waals surface area (Å²) >= 11 is 0. The normalized spacial score (nSPS) is 16.1. The molecule has 4 rings (SSSR count). The molecule has 1 N–H and O–H groups in total. The van der Waals surface area contributed by atoms with Crippen LogP contribution in [-0.2, 0) is 6.54 Å². The number of aryl methyl sites for hydroxylation is 1. The lowest BCUT2D eigenvalue weighted by atomic mass is 10.1. The molecule has 2 aliphatic carbocycles. The minimum absolute atomic E-state index is 0.0469. The fourth-order valence-corrected chi connectivity index (χ4v) is 3.10. The number of benzene rings is 2. The van der Waals surface area contributed by atoms with Gasteiger partial charge in [-0.25, -0.2) is 4.39 Å². The molecule has 2 aromatic rings. The van der Waals surface area contributed by atoms with Crippen LogP contribution in [0.2, 0.25) is 0 Å². The van der Waals surface area contributed by atoms with Crippen molar-refractivity contribution in [2.24, 2.45) is 0 Å². The van der Waals surface area contributed by atoms with Crippen LogP contribution < -0.4 is 5.32 Å². The van der Waals surface area contributed by atoms with E-state index in [0.29, 0.717) is 29.3 Å². The van der Waals surface area contributed by atoms with Crippen LogP contribution in [0.3, 0.4) is 0 Å². The lowest BCUT2D eigenvalue weighted by molar-refractivity contribution is 0.0729. The third-order valence-electron chi connectivity index (χ3n) is 5.15. The Bertz CT molecular complexity index is 870. The predicted octanol–water partition coefficient (Wildman–Crippen LogP) is 3.83. The molecule has 0 bridgehead atoms. The molecule has 0 heterocycles. The van der Waals surface area contributed by atoms with E-state index in [1.54, 1.807) is 31.2 Å². The van der Waals surface area contributed by atoms with Gasteiger partial charge in [-0.15, -0.1) is 0 Å². The van der Waals surface area contributed by atoms with E-state index >= 15 is 0 Å². The average Bonchev–Trinajstić information content (AvgIpc) is 3.56. The van der Waals surface area contributed by atoms with Gasteiger partial charge in [0.25, 0.3) is 11.8 Å². The third kappa shape index (κ3) is 4.18. The van der Waals surface area contributed by atoms with Crippen LogP contribution in [0.5, 0.6) is 0 Å². The minimum Gasteiger partial charge on any atom is -0.349 e. The van der Waals surface area contributed by atoms with Crippen LogP contribution in [0.15, 0.2) is 42.5 Å². The highest BCUT2D eigenvalue weighted by Gasteiger charge is 2.33. The number of hydrogen-bond donors (Lipinski definition) is 1. The molecule has 27 heavy (non-hydrogen) atoms. The van der Waals surface area contributed by atoms with Gasteiger partial charge in [-0.2, -0.15) is 0 Å². The molecule has 0 radical (unpaired) electrons. The first-order valence-electron chi connectivity index (χ1n) is 9.48. The summed E-state index contributed by atoms with van der Waals surface area (Å²) in [5.41, 5.74) is 2.51. The van der Waals surface area contributed by atoms with Crippen molar-refractivity contribution in [2.45, 2.75) is 51.2 Å². The summed E-state index contributed by atoms with van der Waals surface area (Å²) in [5.74, 6) is -0.552. The molecular weight excluding hydrogens is 343 g/mol. The van der Waals surface area contributed by atoms with Gasteiger partial charge in [0, 0.05) is 29.8 Å². The average molecular weight is 366 g/mol. The Balaban J connectivity index is 1.47. The van der Waals surface area contributed by atoms with Crippen LogP contribution in [-0.4, -0.2) is 28.8 Å². The summed E-state index contributed by atoms with van der Waals surface area (Å²) in [4.78, 5) is 26.8. The Hall–Kier alpha value is -2.69. The lowest BCUT2D eigenvalue weighted by Gasteiger charge is -2.23. The Morgan fingerprint density at radius 3 is 2.30 bits per heavy atom. The zero-order valence-electron chi connectivity index (χ0n) is 15.4. The van der Waals surface area contributed by atoms with E-state index in [4.69, 9.17) is 0 Å². The maximum atomic E-state index is 13.9. The Kier molecular flexibility index (Phi) is 4.68. The molecule has 5 heteroatoms. The van der Waals surface area contributed by atoms with Gasteiger partial charge in [0.15, 0.2) is 0 Å². The van der Waals surface area contributed by atoms with E-state index < -0.39 is 0 Å². The maximum Gasteiger partial charge on any atom is 0.254 e. The molecule has 0 aromatic heterocycles. The lowest BCUT2D eigenvalue weighted by Crippen LogP contribution is -2.32. The number of nitrogens with one attached hydrogen (secondary N) is 1. The first-order chi connectivity index (χ1) is 13.0. The highest BCUT2D eigenvalue weighted by Crippen LogP contribution is 2.30. The smallest absolute Gasteiger partial charge is 0.254 e. The molecule has 4 nitrogen and oxygen atoms in total. The molecule has 0 atom stereocenters. The van der Waals surface area contributed by atoms with Crippen molar-refractivity contribution in [2.75, 3.05) is 0 Å². The zero-order chi connectivity index (χ0) is 19.0. The van der Waals surface area contributed by atoms with Gasteiger partial charge in [0.2, 0.25) is 0 Å². The van der Waals surface area contributed by atoms with E-state index in [9.17, 15) is 14.0 Å². The summed E-state index contributed by atoms with van der Waals surface area (Å²) in [6.45, 7) is 2.15. The van der Waals surface area contributed by atoms with Crippen LogP contribution in [0.25, 0.3) is 0 Å². The van der Waals surface area contributed by atoms with E-state index in [1.807, 2.05) is 17.0 Å². The van der Waals surface area contributed by atoms with Crippen molar-refractivity contribution >= 4 is 11.8 Å². The van der Waals surface area contributed by atoms with Crippen LogP contribution >= 0.6 is 0 Å². The standard InChI is InChI=1S/C22H23FN2O2/c1-14-2-5-17(12-20(14)23)22(27)25(19-10-11-19)13-15-3-6-16(7-4-15)21(26)24-18-8-9-18/h2-7,12,18-19H,8-11,13H2,1H3,(H,24,26). The van der Waals surface area contributed by atoms with Crippen molar-refractivity contribution < 1.29 is 14.0 Å². The number of hydrogen-bond acceptors (Lipinski definition) is 2. The van der Waals surface area contributed by atoms with E-state index in [0.717, 1.165) is 31.2 Å². The van der Waals surface area contributed by atoms with Crippen molar-refractivity contribution in [1.29, 1.82) is 0 Å². The van der Waals surface area contributed by atoms with E-state index in [2.05, 4.69) is 5.32 Å². The largest absolute Gasteiger partial charge is 0.349 e. The van der Waals surface area contributed by atoms with Crippen LogP contribution in [0, 0.1) is 12.7 Å². The first-order valence-corrected chi connectivity index (χ1v) is 9.48. The quantitative estimate of drug-likeness (QED) is 0.845. The van der Waals surface area contributed by atoms with Gasteiger partial charge >= 0.3 is 0 Å². The van der Waals surface area contributed by atoms with Crippen molar-refractivity contribution in [3.8, 4) is 0 Å². The Labute approximate surface area is 158 Å². The molecule has 0 aliphatic heterocycles. The molecular formula is C22H23FN2O2. The summed E-state index contributed by atoms with van der Waals surface area (Å²) in [7, 11) is 0. The Morgan fingerprint density at radius 2 is 1.70 bits per heavy atom. The second-order valence-corrected chi connectivity index (χ2v) is 7.57. The molecule has 0 unspecified atom stereocenters. The SMILES string of the molecule is Cc1ccc(C(=O)N(Cc2ccc(C(=O)NC3CC3)cc2)C2CC2)cc1F. The number of nitrogens with zero attached hydrogens (tertiary/aromatic N) is 1. The Morgan fingerprint density at radius 1 is 1.04 bits per heavy atom. The highest BCUT2D eigenvalue weighted by molar-refractivity contribution is 5.95. The van der Waals surface area contributed by atoms with Gasteiger partial charge in [0.1, 0.15) is 5.82 Å². The van der Waals surface area contributed by atoms with Gasteiger partial charge < -0.3 is 10.2 Å². The number of amides is 2. The molecule has 2 aliphatic rings. The molecule has 2 fully saturated rings. The number of halogens is 1. The topological polar surface area (TPSA) is 49.4 Å². The van der Waals surface area contributed by atoms with Crippen molar-refractivity contribution in [3.63, 3.8) is 0 Å². The van der Waals surface area contributed by atoms with Gasteiger partial charge in [-0.1, -0.05) is 18.2 Å². The monoisotopic (exact) mass is 366 g/mol. The van der Waals surface area contributed by atoms with Crippen molar-refractivity contribution in [3.05, 3.63) is 70.5 Å². The molecule has 2 aromatic carbocycles. The summed E-state index contributed by atoms with van der Waals surface area (Å²) < 4.78 is 13.9. The van der Waals surface area contributed by atoms with Gasteiger partial charge in [-0.05, 0) is 68.0 Å². The molecule has 2 saturated carbocycles. The highest BCUT2D eigenvalue weighted by atomic mass is 19.1. The third-order valence-corrected chi connectivity index (χ3v) is 5.15. The van der Waals surface area contributed by atoms with Crippen LogP contribution in [0.4, 0.5) is 4.39 Å². The van der Waals surface area contributed by atoms with Crippen molar-refractivity contribution in [1.82, 2.24) is 10.2 Å². The molecule has 0 spiro atoms. The molecule has 2 amide bonds. The fourth-order valence-electron chi connectivity index (χ4n) is 3.10.